The number of halogens is 1. The number of ether oxygens (including phenoxy) is 1. The van der Waals surface area contributed by atoms with E-state index in [2.05, 4.69) is 26.8 Å². The lowest BCUT2D eigenvalue weighted by Gasteiger charge is -2.35. The topological polar surface area (TPSA) is 44.7 Å². The summed E-state index contributed by atoms with van der Waals surface area (Å²) in [5.41, 5.74) is 2.28. The molecule has 0 aliphatic carbocycles. The molecule has 1 aromatic heterocycles. The van der Waals surface area contributed by atoms with Crippen molar-refractivity contribution in [1.29, 1.82) is 0 Å². The molecule has 2 saturated heterocycles. The molecule has 2 aliphatic heterocycles. The van der Waals surface area contributed by atoms with E-state index in [4.69, 9.17) is 26.3 Å². The summed E-state index contributed by atoms with van der Waals surface area (Å²) < 4.78 is 5.46. The second kappa shape index (κ2) is 8.42. The lowest BCUT2D eigenvalue weighted by atomic mass is 10.2. The van der Waals surface area contributed by atoms with E-state index in [-0.39, 0.29) is 0 Å². The number of piperazine rings is 1. The minimum atomic E-state index is 0.764. The summed E-state index contributed by atoms with van der Waals surface area (Å²) in [6.45, 7) is 10.2. The van der Waals surface area contributed by atoms with E-state index >= 15 is 0 Å². The van der Waals surface area contributed by atoms with Crippen LogP contribution in [0.2, 0.25) is 5.02 Å². The summed E-state index contributed by atoms with van der Waals surface area (Å²) in [4.78, 5) is 16.6. The molecule has 0 bridgehead atoms. The molecule has 0 spiro atoms. The van der Waals surface area contributed by atoms with Crippen LogP contribution in [0, 0.1) is 6.92 Å². The van der Waals surface area contributed by atoms with Crippen molar-refractivity contribution in [2.24, 2.45) is 0 Å². The Bertz CT molecular complexity index is 773. The van der Waals surface area contributed by atoms with Crippen LogP contribution in [-0.4, -0.2) is 67.4 Å². The van der Waals surface area contributed by atoms with E-state index in [9.17, 15) is 0 Å². The Morgan fingerprint density at radius 1 is 0.963 bits per heavy atom. The van der Waals surface area contributed by atoms with Crippen LogP contribution >= 0.6 is 11.6 Å². The van der Waals surface area contributed by atoms with Gasteiger partial charge in [-0.15, -0.1) is 0 Å². The Hall–Kier alpha value is -1.89. The van der Waals surface area contributed by atoms with E-state index in [0.717, 1.165) is 81.5 Å². The zero-order chi connectivity index (χ0) is 18.6. The highest BCUT2D eigenvalue weighted by molar-refractivity contribution is 6.30. The normalized spacial score (nSPS) is 18.7. The van der Waals surface area contributed by atoms with Crippen molar-refractivity contribution in [3.63, 3.8) is 0 Å². The van der Waals surface area contributed by atoms with Crippen LogP contribution in [0.5, 0.6) is 0 Å². The van der Waals surface area contributed by atoms with Gasteiger partial charge in [0.25, 0.3) is 0 Å². The number of nitrogens with zero attached hydrogens (tertiary/aromatic N) is 5. The van der Waals surface area contributed by atoms with Crippen molar-refractivity contribution in [3.8, 4) is 0 Å². The van der Waals surface area contributed by atoms with Gasteiger partial charge in [-0.25, -0.2) is 4.98 Å². The molecular weight excluding hydrogens is 362 g/mol. The first-order valence-electron chi connectivity index (χ1n) is 9.57. The summed E-state index contributed by atoms with van der Waals surface area (Å²) in [5, 5.41) is 0.801. The fraction of sp³-hybridized carbons (Fsp3) is 0.500. The lowest BCUT2D eigenvalue weighted by molar-refractivity contribution is 0.122. The second-order valence-corrected chi connectivity index (χ2v) is 7.60. The highest BCUT2D eigenvalue weighted by Crippen LogP contribution is 2.20. The SMILES string of the molecule is Cc1cc(N2CCOCC2)nc(N2CCN(Cc3cccc(Cl)c3)CC2)n1. The zero-order valence-electron chi connectivity index (χ0n) is 15.8. The van der Waals surface area contributed by atoms with E-state index in [1.807, 2.05) is 25.1 Å². The monoisotopic (exact) mass is 387 g/mol. The van der Waals surface area contributed by atoms with Crippen LogP contribution in [0.15, 0.2) is 30.3 Å². The van der Waals surface area contributed by atoms with Gasteiger partial charge < -0.3 is 14.5 Å². The van der Waals surface area contributed by atoms with Gasteiger partial charge in [0.1, 0.15) is 5.82 Å². The van der Waals surface area contributed by atoms with Gasteiger partial charge >= 0.3 is 0 Å². The van der Waals surface area contributed by atoms with Gasteiger partial charge in [-0.1, -0.05) is 23.7 Å². The minimum absolute atomic E-state index is 0.764. The summed E-state index contributed by atoms with van der Waals surface area (Å²) in [6.07, 6.45) is 0. The highest BCUT2D eigenvalue weighted by Gasteiger charge is 2.21. The van der Waals surface area contributed by atoms with Gasteiger partial charge in [0.05, 0.1) is 13.2 Å². The number of hydrogen-bond donors (Lipinski definition) is 0. The van der Waals surface area contributed by atoms with Gasteiger partial charge in [0, 0.05) is 62.6 Å². The van der Waals surface area contributed by atoms with Crippen LogP contribution < -0.4 is 9.80 Å². The maximum atomic E-state index is 6.10. The quantitative estimate of drug-likeness (QED) is 0.803. The number of aryl methyl sites for hydroxylation is 1. The second-order valence-electron chi connectivity index (χ2n) is 7.16. The van der Waals surface area contributed by atoms with Crippen molar-refractivity contribution >= 4 is 23.4 Å². The van der Waals surface area contributed by atoms with Crippen molar-refractivity contribution in [1.82, 2.24) is 14.9 Å². The zero-order valence-corrected chi connectivity index (χ0v) is 16.5. The van der Waals surface area contributed by atoms with Crippen LogP contribution in [-0.2, 0) is 11.3 Å². The molecule has 144 valence electrons. The van der Waals surface area contributed by atoms with Gasteiger partial charge in [-0.05, 0) is 24.6 Å². The van der Waals surface area contributed by atoms with Crippen LogP contribution in [0.1, 0.15) is 11.3 Å². The molecule has 0 atom stereocenters. The molecule has 2 aromatic rings. The van der Waals surface area contributed by atoms with Crippen LogP contribution in [0.3, 0.4) is 0 Å². The number of hydrogen-bond acceptors (Lipinski definition) is 6. The summed E-state index contributed by atoms with van der Waals surface area (Å²) in [5.74, 6) is 1.86. The van der Waals surface area contributed by atoms with E-state index in [1.54, 1.807) is 0 Å². The average molecular weight is 388 g/mol. The largest absolute Gasteiger partial charge is 0.378 e. The highest BCUT2D eigenvalue weighted by atomic mass is 35.5. The van der Waals surface area contributed by atoms with Gasteiger partial charge in [-0.3, -0.25) is 4.90 Å². The minimum Gasteiger partial charge on any atom is -0.378 e. The molecule has 0 unspecified atom stereocenters. The Labute approximate surface area is 165 Å². The maximum absolute atomic E-state index is 6.10. The number of benzene rings is 1. The standard InChI is InChI=1S/C20H26ClN5O/c1-16-13-19(25-9-11-27-12-10-25)23-20(22-16)26-7-5-24(6-8-26)15-17-3-2-4-18(21)14-17/h2-4,13-14H,5-12,15H2,1H3. The Balaban J connectivity index is 1.39. The number of anilines is 2. The molecule has 1 aromatic carbocycles. The molecule has 6 nitrogen and oxygen atoms in total. The summed E-state index contributed by atoms with van der Waals surface area (Å²) >= 11 is 6.10. The first-order chi connectivity index (χ1) is 13.2. The van der Waals surface area contributed by atoms with Gasteiger partial charge in [-0.2, -0.15) is 4.98 Å². The van der Waals surface area contributed by atoms with Crippen molar-refractivity contribution in [2.75, 3.05) is 62.3 Å². The summed E-state index contributed by atoms with van der Waals surface area (Å²) in [6, 6.07) is 10.2. The van der Waals surface area contributed by atoms with E-state index in [1.165, 1.54) is 5.56 Å². The van der Waals surface area contributed by atoms with E-state index < -0.39 is 0 Å². The molecule has 27 heavy (non-hydrogen) atoms. The fourth-order valence-corrected chi connectivity index (χ4v) is 3.84. The van der Waals surface area contributed by atoms with Gasteiger partial charge in [0.2, 0.25) is 5.95 Å². The number of morpholine rings is 1. The van der Waals surface area contributed by atoms with Crippen molar-refractivity contribution < 1.29 is 4.74 Å². The molecule has 2 aliphatic rings. The Kier molecular flexibility index (Phi) is 5.76. The molecule has 7 heteroatoms. The molecular formula is C20H26ClN5O. The summed E-state index contributed by atoms with van der Waals surface area (Å²) in [7, 11) is 0. The molecule has 0 radical (unpaired) electrons. The molecule has 4 rings (SSSR count). The molecule has 2 fully saturated rings. The predicted octanol–water partition coefficient (Wildman–Crippen LogP) is 2.60. The molecule has 0 N–H and O–H groups in total. The molecule has 3 heterocycles. The van der Waals surface area contributed by atoms with Crippen LogP contribution in [0.25, 0.3) is 0 Å². The molecule has 0 saturated carbocycles. The fourth-order valence-electron chi connectivity index (χ4n) is 3.63. The molecule has 0 amide bonds. The number of aromatic nitrogens is 2. The lowest BCUT2D eigenvalue weighted by Crippen LogP contribution is -2.46. The van der Waals surface area contributed by atoms with Crippen molar-refractivity contribution in [2.45, 2.75) is 13.5 Å². The third kappa shape index (κ3) is 4.69. The van der Waals surface area contributed by atoms with Crippen LogP contribution in [0.4, 0.5) is 11.8 Å². The Morgan fingerprint density at radius 2 is 1.74 bits per heavy atom. The third-order valence-corrected chi connectivity index (χ3v) is 5.35. The predicted molar refractivity (Wildman–Crippen MR) is 109 cm³/mol. The van der Waals surface area contributed by atoms with Crippen molar-refractivity contribution in [3.05, 3.63) is 46.6 Å². The smallest absolute Gasteiger partial charge is 0.227 e. The van der Waals surface area contributed by atoms with Gasteiger partial charge in [0.15, 0.2) is 0 Å². The average Bonchev–Trinajstić information content (AvgIpc) is 2.69. The van der Waals surface area contributed by atoms with E-state index in [0.29, 0.717) is 0 Å². The first-order valence-corrected chi connectivity index (χ1v) is 9.95. The maximum Gasteiger partial charge on any atom is 0.227 e. The first kappa shape index (κ1) is 18.5. The number of rotatable bonds is 4. The Morgan fingerprint density at radius 3 is 2.48 bits per heavy atom. The third-order valence-electron chi connectivity index (χ3n) is 5.11.